The van der Waals surface area contributed by atoms with Crippen LogP contribution in [0.3, 0.4) is 0 Å². The van der Waals surface area contributed by atoms with Crippen LogP contribution in [0.15, 0.2) is 66.7 Å². The van der Waals surface area contributed by atoms with Crippen molar-refractivity contribution in [1.82, 2.24) is 15.1 Å². The number of aryl methyl sites for hydroxylation is 1. The number of amides is 1. The van der Waals surface area contributed by atoms with Crippen molar-refractivity contribution in [3.8, 4) is 22.8 Å². The molecular weight excluding hydrogens is 474 g/mol. The van der Waals surface area contributed by atoms with E-state index in [0.717, 1.165) is 34.4 Å². The van der Waals surface area contributed by atoms with Gasteiger partial charge in [-0.2, -0.15) is 5.10 Å². The number of nitrogens with one attached hydrogen (secondary N) is 1. The molecule has 36 heavy (non-hydrogen) atoms. The molecule has 1 aliphatic heterocycles. The van der Waals surface area contributed by atoms with Gasteiger partial charge in [-0.25, -0.2) is 0 Å². The van der Waals surface area contributed by atoms with E-state index in [9.17, 15) is 4.79 Å². The fourth-order valence-corrected chi connectivity index (χ4v) is 4.95. The fourth-order valence-electron chi connectivity index (χ4n) is 4.82. The van der Waals surface area contributed by atoms with Gasteiger partial charge in [-0.3, -0.25) is 9.89 Å². The van der Waals surface area contributed by atoms with Crippen LogP contribution in [-0.2, 0) is 12.8 Å². The van der Waals surface area contributed by atoms with E-state index in [1.165, 1.54) is 5.56 Å². The van der Waals surface area contributed by atoms with Gasteiger partial charge in [-0.05, 0) is 53.8 Å². The summed E-state index contributed by atoms with van der Waals surface area (Å²) in [7, 11) is 3.24. The van der Waals surface area contributed by atoms with Crippen LogP contribution in [-0.4, -0.2) is 41.8 Å². The summed E-state index contributed by atoms with van der Waals surface area (Å²) in [5, 5.41) is 8.23. The molecule has 0 spiro atoms. The van der Waals surface area contributed by atoms with Crippen molar-refractivity contribution in [2.75, 3.05) is 20.8 Å². The minimum Gasteiger partial charge on any atom is -0.493 e. The van der Waals surface area contributed by atoms with Crippen molar-refractivity contribution in [2.24, 2.45) is 0 Å². The molecule has 0 aliphatic carbocycles. The lowest BCUT2D eigenvalue weighted by atomic mass is 9.95. The van der Waals surface area contributed by atoms with Gasteiger partial charge in [0.25, 0.3) is 5.91 Å². The van der Waals surface area contributed by atoms with Gasteiger partial charge in [0.15, 0.2) is 11.5 Å². The van der Waals surface area contributed by atoms with Crippen molar-refractivity contribution in [3.05, 3.63) is 99.7 Å². The summed E-state index contributed by atoms with van der Waals surface area (Å²) >= 11 is 6.12. The van der Waals surface area contributed by atoms with E-state index in [1.807, 2.05) is 47.4 Å². The van der Waals surface area contributed by atoms with Crippen molar-refractivity contribution >= 4 is 17.5 Å². The van der Waals surface area contributed by atoms with Gasteiger partial charge in [-0.15, -0.1) is 0 Å². The Morgan fingerprint density at radius 2 is 1.64 bits per heavy atom. The third-order valence-electron chi connectivity index (χ3n) is 6.77. The molecule has 6 nitrogen and oxygen atoms in total. The van der Waals surface area contributed by atoms with Crippen LogP contribution in [0.2, 0.25) is 5.02 Å². The number of halogens is 1. The number of hydrogen-bond acceptors (Lipinski definition) is 4. The summed E-state index contributed by atoms with van der Waals surface area (Å²) in [6.07, 6.45) is 1.63. The van der Waals surface area contributed by atoms with Crippen LogP contribution >= 0.6 is 11.6 Å². The number of carbonyl (C=O) groups excluding carboxylic acids is 1. The normalized spacial score (nSPS) is 14.7. The Morgan fingerprint density at radius 1 is 0.944 bits per heavy atom. The maximum atomic E-state index is 13.6. The van der Waals surface area contributed by atoms with Crippen molar-refractivity contribution < 1.29 is 14.3 Å². The van der Waals surface area contributed by atoms with Crippen LogP contribution in [0.1, 0.15) is 45.7 Å². The molecule has 1 atom stereocenters. The molecule has 5 rings (SSSR count). The summed E-state index contributed by atoms with van der Waals surface area (Å²) < 4.78 is 10.8. The predicted molar refractivity (Wildman–Crippen MR) is 141 cm³/mol. The first-order chi connectivity index (χ1) is 17.5. The zero-order chi connectivity index (χ0) is 25.2. The molecule has 1 aliphatic rings. The zero-order valence-corrected chi connectivity index (χ0v) is 21.3. The van der Waals surface area contributed by atoms with Crippen LogP contribution in [0, 0.1) is 0 Å². The standard InChI is InChI=1S/C29H28ClN3O3/c1-4-18-5-8-21(9-6-18)28-25-26(20-10-12-22(30)13-11-20)31-32-27(25)29(34)33(28)16-15-19-7-14-23(35-2)24(17-19)36-3/h5-14,17,28H,4,15-16H2,1-3H3,(H,31,32). The third-order valence-corrected chi connectivity index (χ3v) is 7.03. The third kappa shape index (κ3) is 4.33. The first-order valence-electron chi connectivity index (χ1n) is 12.0. The van der Waals surface area contributed by atoms with E-state index in [-0.39, 0.29) is 11.9 Å². The molecular formula is C29H28ClN3O3. The van der Waals surface area contributed by atoms with E-state index < -0.39 is 0 Å². The van der Waals surface area contributed by atoms with Crippen LogP contribution < -0.4 is 9.47 Å². The summed E-state index contributed by atoms with van der Waals surface area (Å²) in [6, 6.07) is 21.7. The number of rotatable bonds is 8. The lowest BCUT2D eigenvalue weighted by Gasteiger charge is -2.27. The maximum Gasteiger partial charge on any atom is 0.273 e. The van der Waals surface area contributed by atoms with Gasteiger partial charge in [0.1, 0.15) is 5.69 Å². The molecule has 1 N–H and O–H groups in total. The first kappa shape index (κ1) is 23.9. The lowest BCUT2D eigenvalue weighted by Crippen LogP contribution is -2.31. The summed E-state index contributed by atoms with van der Waals surface area (Å²) in [5.74, 6) is 1.30. The summed E-state index contributed by atoms with van der Waals surface area (Å²) in [4.78, 5) is 15.6. The smallest absolute Gasteiger partial charge is 0.273 e. The predicted octanol–water partition coefficient (Wildman–Crippen LogP) is 6.10. The molecule has 1 amide bonds. The Balaban J connectivity index is 1.52. The summed E-state index contributed by atoms with van der Waals surface area (Å²) in [5.41, 5.74) is 6.51. The number of ether oxygens (including phenoxy) is 2. The minimum absolute atomic E-state index is 0.0530. The van der Waals surface area contributed by atoms with E-state index in [0.29, 0.717) is 35.2 Å². The van der Waals surface area contributed by atoms with Crippen LogP contribution in [0.4, 0.5) is 0 Å². The highest BCUT2D eigenvalue weighted by molar-refractivity contribution is 6.30. The minimum atomic E-state index is -0.247. The Kier molecular flexibility index (Phi) is 6.70. The quantitative estimate of drug-likeness (QED) is 0.317. The summed E-state index contributed by atoms with van der Waals surface area (Å²) in [6.45, 7) is 2.67. The molecule has 3 aromatic carbocycles. The highest BCUT2D eigenvalue weighted by Crippen LogP contribution is 2.43. The Labute approximate surface area is 215 Å². The van der Waals surface area contributed by atoms with Gasteiger partial charge in [0.2, 0.25) is 0 Å². The molecule has 184 valence electrons. The molecule has 0 saturated carbocycles. The number of aromatic amines is 1. The Hall–Kier alpha value is -3.77. The number of hydrogen-bond donors (Lipinski definition) is 1. The Bertz CT molecular complexity index is 1380. The van der Waals surface area contributed by atoms with Crippen molar-refractivity contribution in [2.45, 2.75) is 25.8 Å². The second-order valence-corrected chi connectivity index (χ2v) is 9.24. The Morgan fingerprint density at radius 3 is 2.31 bits per heavy atom. The van der Waals surface area contributed by atoms with Crippen molar-refractivity contribution in [3.63, 3.8) is 0 Å². The molecule has 0 radical (unpaired) electrons. The molecule has 0 saturated heterocycles. The molecule has 0 bridgehead atoms. The number of fused-ring (bicyclic) bond motifs is 1. The fraction of sp³-hybridized carbons (Fsp3) is 0.241. The van der Waals surface area contributed by atoms with Gasteiger partial charge in [-0.1, -0.05) is 61.0 Å². The van der Waals surface area contributed by atoms with Gasteiger partial charge in [0, 0.05) is 22.7 Å². The lowest BCUT2D eigenvalue weighted by molar-refractivity contribution is 0.0746. The number of nitrogens with zero attached hydrogens (tertiary/aromatic N) is 2. The largest absolute Gasteiger partial charge is 0.493 e. The van der Waals surface area contributed by atoms with E-state index >= 15 is 0 Å². The topological polar surface area (TPSA) is 67.5 Å². The number of H-pyrrole nitrogens is 1. The SMILES string of the molecule is CCc1ccc(C2c3c(-c4ccc(Cl)cc4)n[nH]c3C(=O)N2CCc2ccc(OC)c(OC)c2)cc1. The number of benzene rings is 3. The van der Waals surface area contributed by atoms with Crippen LogP contribution in [0.25, 0.3) is 11.3 Å². The van der Waals surface area contributed by atoms with Gasteiger partial charge < -0.3 is 14.4 Å². The average molecular weight is 502 g/mol. The first-order valence-corrected chi connectivity index (χ1v) is 12.4. The molecule has 1 aromatic heterocycles. The molecule has 0 fully saturated rings. The van der Waals surface area contributed by atoms with Crippen LogP contribution in [0.5, 0.6) is 11.5 Å². The van der Waals surface area contributed by atoms with E-state index in [2.05, 4.69) is 41.4 Å². The highest BCUT2D eigenvalue weighted by atomic mass is 35.5. The highest BCUT2D eigenvalue weighted by Gasteiger charge is 2.41. The van der Waals surface area contributed by atoms with E-state index in [4.69, 9.17) is 21.1 Å². The number of aromatic nitrogens is 2. The number of carbonyl (C=O) groups is 1. The monoisotopic (exact) mass is 501 g/mol. The van der Waals surface area contributed by atoms with Gasteiger partial charge in [0.05, 0.1) is 26.0 Å². The van der Waals surface area contributed by atoms with Gasteiger partial charge >= 0.3 is 0 Å². The second kappa shape index (κ2) is 10.1. The van der Waals surface area contributed by atoms with Crippen molar-refractivity contribution in [1.29, 1.82) is 0 Å². The zero-order valence-electron chi connectivity index (χ0n) is 20.5. The molecule has 1 unspecified atom stereocenters. The number of methoxy groups -OCH3 is 2. The molecule has 2 heterocycles. The average Bonchev–Trinajstić information content (AvgIpc) is 3.46. The molecule has 4 aromatic rings. The second-order valence-electron chi connectivity index (χ2n) is 8.80. The van der Waals surface area contributed by atoms with E-state index in [1.54, 1.807) is 14.2 Å². The maximum absolute atomic E-state index is 13.6. The molecule has 7 heteroatoms.